The molecule has 2 saturated heterocycles. The lowest BCUT2D eigenvalue weighted by Gasteiger charge is -2.33. The van der Waals surface area contributed by atoms with E-state index < -0.39 is 0 Å². The van der Waals surface area contributed by atoms with Crippen LogP contribution in [-0.2, 0) is 4.79 Å². The van der Waals surface area contributed by atoms with Crippen LogP contribution in [0.1, 0.15) is 44.1 Å². The molecule has 1 amide bonds. The molecule has 0 radical (unpaired) electrons. The summed E-state index contributed by atoms with van der Waals surface area (Å²) in [7, 11) is 0. The molecule has 1 N–H and O–H groups in total. The number of carbonyl (C=O) groups excluding carboxylic acids is 1. The Morgan fingerprint density at radius 1 is 1.33 bits per heavy atom. The lowest BCUT2D eigenvalue weighted by Crippen LogP contribution is -2.43. The Morgan fingerprint density at radius 3 is 2.81 bits per heavy atom. The third kappa shape index (κ3) is 2.98. The Hall–Kier alpha value is -1.35. The molecule has 114 valence electrons. The van der Waals surface area contributed by atoms with Gasteiger partial charge < -0.3 is 10.2 Å². The van der Waals surface area contributed by atoms with Gasteiger partial charge in [0.2, 0.25) is 5.91 Å². The number of benzene rings is 1. The molecule has 2 fully saturated rings. The summed E-state index contributed by atoms with van der Waals surface area (Å²) in [6.07, 6.45) is 4.41. The van der Waals surface area contributed by atoms with Gasteiger partial charge in [-0.15, -0.1) is 0 Å². The van der Waals surface area contributed by atoms with Gasteiger partial charge >= 0.3 is 0 Å². The molecule has 2 aliphatic rings. The van der Waals surface area contributed by atoms with Crippen molar-refractivity contribution in [1.82, 2.24) is 10.2 Å². The van der Waals surface area contributed by atoms with Gasteiger partial charge in [-0.3, -0.25) is 4.79 Å². The zero-order chi connectivity index (χ0) is 14.7. The summed E-state index contributed by atoms with van der Waals surface area (Å²) in [5, 5.41) is 3.32. The first-order chi connectivity index (χ1) is 10.3. The summed E-state index contributed by atoms with van der Waals surface area (Å²) < 4.78 is 0. The number of hydrogen-bond donors (Lipinski definition) is 1. The van der Waals surface area contributed by atoms with Crippen molar-refractivity contribution in [2.75, 3.05) is 19.6 Å². The number of rotatable bonds is 4. The molecular formula is C18H26N2O. The van der Waals surface area contributed by atoms with Crippen molar-refractivity contribution in [3.8, 4) is 0 Å². The lowest BCUT2D eigenvalue weighted by molar-refractivity contribution is -0.136. The van der Waals surface area contributed by atoms with Crippen LogP contribution in [0, 0.1) is 5.92 Å². The van der Waals surface area contributed by atoms with Gasteiger partial charge in [-0.05, 0) is 37.8 Å². The summed E-state index contributed by atoms with van der Waals surface area (Å²) in [4.78, 5) is 15.0. The minimum absolute atomic E-state index is 0.207. The first kappa shape index (κ1) is 14.6. The first-order valence-corrected chi connectivity index (χ1v) is 8.37. The highest BCUT2D eigenvalue weighted by Gasteiger charge is 2.37. The fourth-order valence-electron chi connectivity index (χ4n) is 4.01. The number of nitrogens with one attached hydrogen (secondary N) is 1. The zero-order valence-electron chi connectivity index (χ0n) is 12.9. The van der Waals surface area contributed by atoms with E-state index in [9.17, 15) is 4.79 Å². The van der Waals surface area contributed by atoms with Crippen molar-refractivity contribution in [2.24, 2.45) is 5.92 Å². The monoisotopic (exact) mass is 286 g/mol. The van der Waals surface area contributed by atoms with Crippen molar-refractivity contribution in [3.05, 3.63) is 35.9 Å². The van der Waals surface area contributed by atoms with E-state index in [0.29, 0.717) is 17.9 Å². The molecule has 3 unspecified atom stereocenters. The third-order valence-corrected chi connectivity index (χ3v) is 5.12. The van der Waals surface area contributed by atoms with Gasteiger partial charge in [0.25, 0.3) is 0 Å². The molecule has 21 heavy (non-hydrogen) atoms. The van der Waals surface area contributed by atoms with E-state index in [1.807, 2.05) is 0 Å². The zero-order valence-corrected chi connectivity index (χ0v) is 12.9. The van der Waals surface area contributed by atoms with Gasteiger partial charge in [-0.1, -0.05) is 37.3 Å². The highest BCUT2D eigenvalue weighted by molar-refractivity contribution is 5.80. The molecule has 1 aromatic rings. The predicted molar refractivity (Wildman–Crippen MR) is 85.2 cm³/mol. The maximum atomic E-state index is 12.8. The minimum Gasteiger partial charge on any atom is -0.339 e. The van der Waals surface area contributed by atoms with E-state index in [1.165, 1.54) is 5.56 Å². The van der Waals surface area contributed by atoms with Gasteiger partial charge in [0.1, 0.15) is 0 Å². The van der Waals surface area contributed by atoms with E-state index >= 15 is 0 Å². The van der Waals surface area contributed by atoms with Crippen molar-refractivity contribution in [1.29, 1.82) is 0 Å². The topological polar surface area (TPSA) is 32.3 Å². The van der Waals surface area contributed by atoms with E-state index in [1.54, 1.807) is 0 Å². The SMILES string of the molecule is CCC(c1ccccc1)C1CCCN1C(=O)C1CCNC1. The Labute approximate surface area is 127 Å². The van der Waals surface area contributed by atoms with Crippen LogP contribution in [0.2, 0.25) is 0 Å². The maximum Gasteiger partial charge on any atom is 0.227 e. The molecule has 2 heterocycles. The fraction of sp³-hybridized carbons (Fsp3) is 0.611. The largest absolute Gasteiger partial charge is 0.339 e. The fourth-order valence-corrected chi connectivity index (χ4v) is 4.01. The quantitative estimate of drug-likeness (QED) is 0.923. The molecule has 3 heteroatoms. The molecule has 0 aliphatic carbocycles. The van der Waals surface area contributed by atoms with Crippen molar-refractivity contribution in [2.45, 2.75) is 44.6 Å². The normalized spacial score (nSPS) is 27.0. The summed E-state index contributed by atoms with van der Waals surface area (Å²) in [5.41, 5.74) is 1.38. The first-order valence-electron chi connectivity index (χ1n) is 8.37. The van der Waals surface area contributed by atoms with Crippen LogP contribution in [0.5, 0.6) is 0 Å². The molecule has 0 spiro atoms. The molecule has 0 aromatic heterocycles. The standard InChI is InChI=1S/C18H26N2O/c1-2-16(14-7-4-3-5-8-14)17-9-6-12-20(17)18(21)15-10-11-19-13-15/h3-5,7-8,15-17,19H,2,6,9-13H2,1H3. The van der Waals surface area contributed by atoms with E-state index in [4.69, 9.17) is 0 Å². The Morgan fingerprint density at radius 2 is 2.14 bits per heavy atom. The number of likely N-dealkylation sites (tertiary alicyclic amines) is 1. The second-order valence-corrected chi connectivity index (χ2v) is 6.36. The van der Waals surface area contributed by atoms with Crippen molar-refractivity contribution >= 4 is 5.91 Å². The summed E-state index contributed by atoms with van der Waals surface area (Å²) in [6.45, 7) is 5.05. The Bertz CT molecular complexity index is 467. The number of amides is 1. The Kier molecular flexibility index (Phi) is 4.59. The van der Waals surface area contributed by atoms with Crippen LogP contribution in [0.25, 0.3) is 0 Å². The highest BCUT2D eigenvalue weighted by atomic mass is 16.2. The Balaban J connectivity index is 1.77. The molecule has 3 nitrogen and oxygen atoms in total. The molecular weight excluding hydrogens is 260 g/mol. The number of carbonyl (C=O) groups is 1. The molecule has 3 atom stereocenters. The maximum absolute atomic E-state index is 12.8. The predicted octanol–water partition coefficient (Wildman–Crippen LogP) is 2.78. The average molecular weight is 286 g/mol. The summed E-state index contributed by atoms with van der Waals surface area (Å²) >= 11 is 0. The smallest absolute Gasteiger partial charge is 0.227 e. The molecule has 2 aliphatic heterocycles. The van der Waals surface area contributed by atoms with Crippen LogP contribution < -0.4 is 5.32 Å². The van der Waals surface area contributed by atoms with Crippen molar-refractivity contribution < 1.29 is 4.79 Å². The van der Waals surface area contributed by atoms with Gasteiger partial charge in [-0.25, -0.2) is 0 Å². The van der Waals surface area contributed by atoms with Gasteiger partial charge in [0, 0.05) is 25.0 Å². The second-order valence-electron chi connectivity index (χ2n) is 6.36. The highest BCUT2D eigenvalue weighted by Crippen LogP contribution is 2.34. The van der Waals surface area contributed by atoms with Crippen LogP contribution in [-0.4, -0.2) is 36.5 Å². The average Bonchev–Trinajstić information content (AvgIpc) is 3.20. The number of nitrogens with zero attached hydrogens (tertiary/aromatic N) is 1. The van der Waals surface area contributed by atoms with E-state index in [2.05, 4.69) is 47.5 Å². The van der Waals surface area contributed by atoms with E-state index in [-0.39, 0.29) is 5.92 Å². The summed E-state index contributed by atoms with van der Waals surface area (Å²) in [5.74, 6) is 1.07. The van der Waals surface area contributed by atoms with Gasteiger partial charge in [-0.2, -0.15) is 0 Å². The van der Waals surface area contributed by atoms with Crippen LogP contribution in [0.3, 0.4) is 0 Å². The van der Waals surface area contributed by atoms with E-state index in [0.717, 1.165) is 45.3 Å². The molecule has 3 rings (SSSR count). The second kappa shape index (κ2) is 6.61. The van der Waals surface area contributed by atoms with Crippen molar-refractivity contribution in [3.63, 3.8) is 0 Å². The van der Waals surface area contributed by atoms with Crippen LogP contribution in [0.15, 0.2) is 30.3 Å². The molecule has 0 saturated carbocycles. The lowest BCUT2D eigenvalue weighted by atomic mass is 9.87. The van der Waals surface area contributed by atoms with Gasteiger partial charge in [0.05, 0.1) is 5.92 Å². The summed E-state index contributed by atoms with van der Waals surface area (Å²) in [6, 6.07) is 11.1. The van der Waals surface area contributed by atoms with Crippen LogP contribution in [0.4, 0.5) is 0 Å². The molecule has 0 bridgehead atoms. The molecule has 1 aromatic carbocycles. The number of hydrogen-bond acceptors (Lipinski definition) is 2. The third-order valence-electron chi connectivity index (χ3n) is 5.12. The minimum atomic E-state index is 0.207. The van der Waals surface area contributed by atoms with Crippen LogP contribution >= 0.6 is 0 Å². The van der Waals surface area contributed by atoms with Gasteiger partial charge in [0.15, 0.2) is 0 Å².